The van der Waals surface area contributed by atoms with Gasteiger partial charge in [0.25, 0.3) is 0 Å². The molecule has 1 aromatic carbocycles. The van der Waals surface area contributed by atoms with Crippen LogP contribution in [0.1, 0.15) is 12.5 Å². The molecule has 3 rings (SSSR count). The Kier molecular flexibility index (Phi) is 6.32. The van der Waals surface area contributed by atoms with Crippen molar-refractivity contribution in [2.75, 3.05) is 5.32 Å². The van der Waals surface area contributed by atoms with Crippen molar-refractivity contribution in [3.05, 3.63) is 62.4 Å². The number of nitrogens with zero attached hydrogens (tertiary/aromatic N) is 4. The van der Waals surface area contributed by atoms with Crippen LogP contribution >= 0.6 is 46.4 Å². The number of carbonyl (C=O) groups excluding carboxylic acids is 1. The zero-order valence-electron chi connectivity index (χ0n) is 14.2. The van der Waals surface area contributed by atoms with Gasteiger partial charge in [0, 0.05) is 28.0 Å². The largest absolute Gasteiger partial charge is 0.308 e. The van der Waals surface area contributed by atoms with E-state index in [9.17, 15) is 4.79 Å². The molecule has 0 saturated carbocycles. The van der Waals surface area contributed by atoms with Crippen LogP contribution in [0.2, 0.25) is 20.1 Å². The summed E-state index contributed by atoms with van der Waals surface area (Å²) >= 11 is 24.4. The van der Waals surface area contributed by atoms with Gasteiger partial charge in [0.1, 0.15) is 5.02 Å². The van der Waals surface area contributed by atoms with Gasteiger partial charge in [-0.25, -0.2) is 0 Å². The maximum Gasteiger partial charge on any atom is 0.230 e. The van der Waals surface area contributed by atoms with Crippen LogP contribution in [0, 0.1) is 5.92 Å². The van der Waals surface area contributed by atoms with Gasteiger partial charge in [-0.15, -0.1) is 0 Å². The van der Waals surface area contributed by atoms with Gasteiger partial charge < -0.3 is 5.32 Å². The van der Waals surface area contributed by atoms with Gasteiger partial charge >= 0.3 is 0 Å². The van der Waals surface area contributed by atoms with Crippen molar-refractivity contribution in [2.24, 2.45) is 5.92 Å². The number of carbonyl (C=O) groups is 1. The molecule has 142 valence electrons. The van der Waals surface area contributed by atoms with Gasteiger partial charge in [-0.05, 0) is 12.1 Å². The van der Waals surface area contributed by atoms with E-state index in [1.54, 1.807) is 46.9 Å². The molecule has 1 unspecified atom stereocenters. The van der Waals surface area contributed by atoms with Gasteiger partial charge in [-0.3, -0.25) is 14.2 Å². The summed E-state index contributed by atoms with van der Waals surface area (Å²) in [6.45, 7) is 2.49. The van der Waals surface area contributed by atoms with E-state index in [-0.39, 0.29) is 17.6 Å². The molecule has 1 N–H and O–H groups in total. The number of anilines is 1. The Bertz CT molecular complexity index is 948. The second-order valence-corrected chi connectivity index (χ2v) is 7.65. The van der Waals surface area contributed by atoms with Crippen molar-refractivity contribution in [3.63, 3.8) is 0 Å². The van der Waals surface area contributed by atoms with E-state index < -0.39 is 0 Å². The fourth-order valence-electron chi connectivity index (χ4n) is 2.45. The van der Waals surface area contributed by atoms with Crippen molar-refractivity contribution in [3.8, 4) is 0 Å². The number of nitrogens with one attached hydrogen (secondary N) is 1. The number of hydrogen-bond acceptors (Lipinski definition) is 3. The lowest BCUT2D eigenvalue weighted by molar-refractivity contribution is -0.119. The molecule has 2 heterocycles. The molecular weight excluding hydrogens is 432 g/mol. The summed E-state index contributed by atoms with van der Waals surface area (Å²) in [7, 11) is 0. The summed E-state index contributed by atoms with van der Waals surface area (Å²) in [4.78, 5) is 12.4. The first-order valence-corrected chi connectivity index (χ1v) is 9.49. The fraction of sp³-hybridized carbons (Fsp3) is 0.235. The first-order chi connectivity index (χ1) is 12.8. The monoisotopic (exact) mass is 445 g/mol. The molecule has 0 aliphatic heterocycles. The molecule has 0 spiro atoms. The molecule has 2 aromatic heterocycles. The average Bonchev–Trinajstić information content (AvgIpc) is 3.16. The van der Waals surface area contributed by atoms with E-state index in [1.165, 1.54) is 6.20 Å². The number of halogens is 4. The topological polar surface area (TPSA) is 64.7 Å². The van der Waals surface area contributed by atoms with Crippen molar-refractivity contribution in [2.45, 2.75) is 20.0 Å². The second-order valence-electron chi connectivity index (χ2n) is 5.99. The summed E-state index contributed by atoms with van der Waals surface area (Å²) in [5.74, 6) is -0.320. The smallest absolute Gasteiger partial charge is 0.230 e. The lowest BCUT2D eigenvalue weighted by atomic mass is 10.1. The first kappa shape index (κ1) is 20.0. The van der Waals surface area contributed by atoms with Crippen LogP contribution < -0.4 is 5.32 Å². The van der Waals surface area contributed by atoms with Crippen LogP contribution in [-0.2, 0) is 17.9 Å². The Balaban J connectivity index is 1.68. The Morgan fingerprint density at radius 3 is 2.44 bits per heavy atom. The molecule has 10 heteroatoms. The number of aromatic nitrogens is 4. The molecule has 1 amide bonds. The minimum Gasteiger partial charge on any atom is -0.308 e. The molecule has 0 saturated heterocycles. The van der Waals surface area contributed by atoms with Crippen molar-refractivity contribution in [1.29, 1.82) is 0 Å². The highest BCUT2D eigenvalue weighted by Crippen LogP contribution is 2.27. The Labute approximate surface area is 176 Å². The molecular formula is C17H15Cl4N5O. The van der Waals surface area contributed by atoms with Crippen LogP contribution in [0.5, 0.6) is 0 Å². The average molecular weight is 447 g/mol. The molecule has 0 aliphatic rings. The van der Waals surface area contributed by atoms with E-state index in [2.05, 4.69) is 15.5 Å². The number of benzene rings is 1. The predicted octanol–water partition coefficient (Wildman–Crippen LogP) is 5.02. The molecule has 27 heavy (non-hydrogen) atoms. The molecule has 0 bridgehead atoms. The fourth-order valence-corrected chi connectivity index (χ4v) is 3.32. The minimum absolute atomic E-state index is 0.232. The predicted molar refractivity (Wildman–Crippen MR) is 108 cm³/mol. The van der Waals surface area contributed by atoms with Crippen LogP contribution in [0.25, 0.3) is 0 Å². The van der Waals surface area contributed by atoms with Gasteiger partial charge in [0.05, 0.1) is 30.2 Å². The van der Waals surface area contributed by atoms with E-state index >= 15 is 0 Å². The Morgan fingerprint density at radius 1 is 1.11 bits per heavy atom. The van der Waals surface area contributed by atoms with Crippen LogP contribution in [0.15, 0.2) is 36.8 Å². The normalized spacial score (nSPS) is 12.2. The highest BCUT2D eigenvalue weighted by atomic mass is 35.5. The Hall–Kier alpha value is -1.73. The quantitative estimate of drug-likeness (QED) is 0.578. The summed E-state index contributed by atoms with van der Waals surface area (Å²) in [5, 5.41) is 13.0. The highest BCUT2D eigenvalue weighted by molar-refractivity contribution is 6.36. The van der Waals surface area contributed by atoms with Crippen LogP contribution in [0.4, 0.5) is 5.82 Å². The number of hydrogen-bond donors (Lipinski definition) is 1. The highest BCUT2D eigenvalue weighted by Gasteiger charge is 2.18. The Morgan fingerprint density at radius 2 is 1.81 bits per heavy atom. The number of rotatable bonds is 6. The molecule has 0 aliphatic carbocycles. The molecule has 1 atom stereocenters. The van der Waals surface area contributed by atoms with Gasteiger partial charge in [0.15, 0.2) is 5.82 Å². The van der Waals surface area contributed by atoms with E-state index in [0.29, 0.717) is 33.2 Å². The van der Waals surface area contributed by atoms with Gasteiger partial charge in [0.2, 0.25) is 5.91 Å². The summed E-state index contributed by atoms with van der Waals surface area (Å²) in [6.07, 6.45) is 4.78. The van der Waals surface area contributed by atoms with Crippen molar-refractivity contribution < 1.29 is 4.79 Å². The van der Waals surface area contributed by atoms with Crippen molar-refractivity contribution in [1.82, 2.24) is 19.6 Å². The van der Waals surface area contributed by atoms with E-state index in [1.807, 2.05) is 0 Å². The third-order valence-electron chi connectivity index (χ3n) is 3.85. The summed E-state index contributed by atoms with van der Waals surface area (Å²) < 4.78 is 3.18. The van der Waals surface area contributed by atoms with Gasteiger partial charge in [-0.1, -0.05) is 59.4 Å². The third-order valence-corrected chi connectivity index (χ3v) is 5.03. The van der Waals surface area contributed by atoms with E-state index in [0.717, 1.165) is 5.56 Å². The second kappa shape index (κ2) is 8.52. The van der Waals surface area contributed by atoms with Crippen molar-refractivity contribution >= 4 is 58.1 Å². The van der Waals surface area contributed by atoms with Crippen LogP contribution in [-0.4, -0.2) is 25.5 Å². The van der Waals surface area contributed by atoms with E-state index in [4.69, 9.17) is 46.4 Å². The third kappa shape index (κ3) is 4.96. The maximum atomic E-state index is 12.4. The zero-order valence-corrected chi connectivity index (χ0v) is 17.2. The SMILES string of the molecule is CC(Cn1cc(Cl)cn1)C(=O)Nc1nn(Cc2c(Cl)cccc2Cl)cc1Cl. The molecule has 6 nitrogen and oxygen atoms in total. The maximum absolute atomic E-state index is 12.4. The minimum atomic E-state index is -0.361. The molecule has 3 aromatic rings. The van der Waals surface area contributed by atoms with Gasteiger partial charge in [-0.2, -0.15) is 10.2 Å². The number of amides is 1. The zero-order chi connectivity index (χ0) is 19.6. The molecule has 0 fully saturated rings. The lowest BCUT2D eigenvalue weighted by Gasteiger charge is -2.11. The molecule has 0 radical (unpaired) electrons. The summed E-state index contributed by atoms with van der Waals surface area (Å²) in [5.41, 5.74) is 0.724. The summed E-state index contributed by atoms with van der Waals surface area (Å²) in [6, 6.07) is 5.27. The first-order valence-electron chi connectivity index (χ1n) is 7.98. The van der Waals surface area contributed by atoms with Crippen LogP contribution in [0.3, 0.4) is 0 Å². The standard InChI is InChI=1S/C17H15Cl4N5O/c1-10(6-25-7-11(18)5-22-25)17(27)23-16-15(21)9-26(24-16)8-12-13(19)3-2-4-14(12)20/h2-5,7,9-10H,6,8H2,1H3,(H,23,24,27). The lowest BCUT2D eigenvalue weighted by Crippen LogP contribution is -2.25.